The van der Waals surface area contributed by atoms with Gasteiger partial charge in [0.2, 0.25) is 0 Å². The maximum absolute atomic E-state index is 2.53. The molecule has 0 aliphatic carbocycles. The van der Waals surface area contributed by atoms with E-state index in [2.05, 4.69) is 134 Å². The fraction of sp³-hybridized carbons (Fsp3) is 0.696. The molecule has 58 heavy (non-hydrogen) atoms. The lowest BCUT2D eigenvalue weighted by atomic mass is 10.1. The highest BCUT2D eigenvalue weighted by Crippen LogP contribution is 2.68. The summed E-state index contributed by atoms with van der Waals surface area (Å²) in [5, 5.41) is 0. The number of rotatable bonds is 32. The Kier molecular flexibility index (Phi) is 27.7. The first-order valence-electron chi connectivity index (χ1n) is 22.7. The Morgan fingerprint density at radius 2 is 0.483 bits per heavy atom. The van der Waals surface area contributed by atoms with Gasteiger partial charge in [-0.05, 0) is 60.8 Å². The molecule has 0 radical (unpaired) electrons. The van der Waals surface area contributed by atoms with E-state index in [0.717, 1.165) is 0 Å². The van der Waals surface area contributed by atoms with Crippen LogP contribution in [0.25, 0.3) is 0 Å². The Labute approximate surface area is 407 Å². The van der Waals surface area contributed by atoms with Crippen molar-refractivity contribution >= 4 is 141 Å². The van der Waals surface area contributed by atoms with Crippen molar-refractivity contribution in [2.75, 3.05) is 23.0 Å². The van der Waals surface area contributed by atoms with Crippen LogP contribution in [0.3, 0.4) is 0 Å². The van der Waals surface area contributed by atoms with Crippen LogP contribution in [0.1, 0.15) is 182 Å². The minimum atomic E-state index is 1.27. The molecule has 5 rings (SSSR count). The van der Waals surface area contributed by atoms with Crippen LogP contribution in [0.2, 0.25) is 0 Å². The van der Waals surface area contributed by atoms with Gasteiger partial charge in [-0.25, -0.2) is 0 Å². The molecular formula is C46H70S12. The topological polar surface area (TPSA) is 0 Å². The molecule has 0 nitrogen and oxygen atoms in total. The Balaban J connectivity index is 1.16. The fourth-order valence-electron chi connectivity index (χ4n) is 6.70. The lowest BCUT2D eigenvalue weighted by molar-refractivity contribution is 0.627. The third kappa shape index (κ3) is 18.3. The van der Waals surface area contributed by atoms with Gasteiger partial charge < -0.3 is 0 Å². The normalized spacial score (nSPS) is 16.6. The number of fused-ring (bicyclic) bond motifs is 2. The number of thioether (sulfide) groups is 12. The molecule has 12 heteroatoms. The van der Waals surface area contributed by atoms with Crippen LogP contribution >= 0.6 is 141 Å². The van der Waals surface area contributed by atoms with Crippen molar-refractivity contribution in [1.29, 1.82) is 0 Å². The predicted molar refractivity (Wildman–Crippen MR) is 292 cm³/mol. The average Bonchev–Trinajstić information content (AvgIpc) is 4.03. The van der Waals surface area contributed by atoms with Gasteiger partial charge in [-0.1, -0.05) is 250 Å². The quantitative estimate of drug-likeness (QED) is 0.0631. The molecule has 4 heterocycles. The first-order chi connectivity index (χ1) is 28.6. The molecule has 0 saturated heterocycles. The number of hydrogen-bond acceptors (Lipinski definition) is 12. The van der Waals surface area contributed by atoms with E-state index in [-0.39, 0.29) is 0 Å². The molecule has 0 spiro atoms. The van der Waals surface area contributed by atoms with Crippen LogP contribution < -0.4 is 0 Å². The second-order valence-corrected chi connectivity index (χ2v) is 30.1. The summed E-state index contributed by atoms with van der Waals surface area (Å²) >= 11 is 25.1. The SMILES string of the molecule is CCCCCCCCSC1=C(SCCCCCCCC)SC(=C2Sc3cc4c(cc3S2)SC(=C2SC(SCCCCCCCC)=C(SCCCCCCCC)S2)S4)S1. The standard InChI is InChI=1S/C46H70S12/c1-5-9-13-17-21-25-29-47-39-40(48-30-26-22-18-14-10-6-2)56-45(55-39)43-51-35-33-37-38(34-36(35)52-43)54-44(53-37)46-57-41(49-31-27-23-19-15-11-7-3)42(58-46)50-32-28-24-20-16-12-8-4/h33-34H,5-32H2,1-4H3. The maximum Gasteiger partial charge on any atom is 0.0717 e. The molecule has 4 aliphatic rings. The van der Waals surface area contributed by atoms with E-state index >= 15 is 0 Å². The molecule has 1 aromatic rings. The fourth-order valence-corrected chi connectivity index (χ4v) is 24.5. The molecule has 326 valence electrons. The second-order valence-electron chi connectivity index (χ2n) is 15.3. The van der Waals surface area contributed by atoms with Crippen LogP contribution in [0.5, 0.6) is 0 Å². The van der Waals surface area contributed by atoms with Crippen LogP contribution in [0.4, 0.5) is 0 Å². The van der Waals surface area contributed by atoms with Gasteiger partial charge in [-0.2, -0.15) is 0 Å². The smallest absolute Gasteiger partial charge is 0.0717 e. The van der Waals surface area contributed by atoms with Crippen LogP contribution in [-0.2, 0) is 0 Å². The Bertz CT molecular complexity index is 1300. The summed E-state index contributed by atoms with van der Waals surface area (Å²) in [7, 11) is 0. The van der Waals surface area contributed by atoms with E-state index < -0.39 is 0 Å². The van der Waals surface area contributed by atoms with Gasteiger partial charge in [0, 0.05) is 19.6 Å². The zero-order chi connectivity index (χ0) is 40.6. The maximum atomic E-state index is 2.53. The summed E-state index contributed by atoms with van der Waals surface area (Å²) < 4.78 is 12.5. The molecule has 0 aromatic heterocycles. The Morgan fingerprint density at radius 3 is 0.724 bits per heavy atom. The lowest BCUT2D eigenvalue weighted by Crippen LogP contribution is -1.84. The van der Waals surface area contributed by atoms with E-state index in [0.29, 0.717) is 0 Å². The largest absolute Gasteiger partial charge is 0.117 e. The molecule has 0 saturated carbocycles. The van der Waals surface area contributed by atoms with E-state index in [4.69, 9.17) is 0 Å². The van der Waals surface area contributed by atoms with Gasteiger partial charge in [0.15, 0.2) is 0 Å². The summed E-state index contributed by atoms with van der Waals surface area (Å²) in [6, 6.07) is 5.06. The van der Waals surface area contributed by atoms with Gasteiger partial charge >= 0.3 is 0 Å². The van der Waals surface area contributed by atoms with Crippen molar-refractivity contribution in [2.24, 2.45) is 0 Å². The number of hydrogen-bond donors (Lipinski definition) is 0. The molecule has 0 N–H and O–H groups in total. The van der Waals surface area contributed by atoms with Crippen molar-refractivity contribution < 1.29 is 0 Å². The molecule has 0 bridgehead atoms. The zero-order valence-corrected chi connectivity index (χ0v) is 45.7. The van der Waals surface area contributed by atoms with Crippen molar-refractivity contribution in [2.45, 2.75) is 201 Å². The van der Waals surface area contributed by atoms with Crippen molar-refractivity contribution in [1.82, 2.24) is 0 Å². The first-order valence-corrected chi connectivity index (χ1v) is 33.2. The second kappa shape index (κ2) is 31.3. The molecule has 4 aliphatic heterocycles. The van der Waals surface area contributed by atoms with Crippen LogP contribution in [0.15, 0.2) is 65.6 Å². The third-order valence-electron chi connectivity index (χ3n) is 10.2. The Hall–Kier alpha value is 2.38. The predicted octanol–water partition coefficient (Wildman–Crippen LogP) is 21.9. The van der Waals surface area contributed by atoms with Crippen LogP contribution in [0, 0.1) is 0 Å². The molecule has 1 aromatic carbocycles. The van der Waals surface area contributed by atoms with E-state index in [1.54, 1.807) is 16.9 Å². The molecule has 0 fully saturated rings. The highest BCUT2D eigenvalue weighted by molar-refractivity contribution is 8.43. The first kappa shape index (κ1) is 51.4. The average molecular weight is 1010 g/mol. The lowest BCUT2D eigenvalue weighted by Gasteiger charge is -2.05. The van der Waals surface area contributed by atoms with Crippen molar-refractivity contribution in [3.05, 3.63) is 46.0 Å². The summed E-state index contributed by atoms with van der Waals surface area (Å²) in [4.78, 5) is 5.88. The van der Waals surface area contributed by atoms with Crippen molar-refractivity contribution in [3.63, 3.8) is 0 Å². The van der Waals surface area contributed by atoms with E-state index in [9.17, 15) is 0 Å². The van der Waals surface area contributed by atoms with Gasteiger partial charge in [0.05, 0.1) is 33.9 Å². The number of benzene rings is 1. The van der Waals surface area contributed by atoms with Gasteiger partial charge in [0.25, 0.3) is 0 Å². The summed E-state index contributed by atoms with van der Waals surface area (Å²) in [6.07, 6.45) is 33.1. The highest BCUT2D eigenvalue weighted by atomic mass is 32.3. The molecular weight excluding hydrogens is 937 g/mol. The highest BCUT2D eigenvalue weighted by Gasteiger charge is 2.33. The van der Waals surface area contributed by atoms with Crippen LogP contribution in [-0.4, -0.2) is 23.0 Å². The van der Waals surface area contributed by atoms with Crippen molar-refractivity contribution in [3.8, 4) is 0 Å². The van der Waals surface area contributed by atoms with Gasteiger partial charge in [-0.3, -0.25) is 0 Å². The summed E-state index contributed by atoms with van der Waals surface area (Å²) in [6.45, 7) is 9.27. The summed E-state index contributed by atoms with van der Waals surface area (Å²) in [5.41, 5.74) is 0. The van der Waals surface area contributed by atoms with Gasteiger partial charge in [-0.15, -0.1) is 47.0 Å². The minimum Gasteiger partial charge on any atom is -0.117 e. The molecule has 0 amide bonds. The third-order valence-corrected chi connectivity index (χ3v) is 27.6. The molecule has 0 unspecified atom stereocenters. The number of unbranched alkanes of at least 4 members (excludes halogenated alkanes) is 20. The zero-order valence-electron chi connectivity index (χ0n) is 35.9. The monoisotopic (exact) mass is 1010 g/mol. The molecule has 0 atom stereocenters. The minimum absolute atomic E-state index is 1.27. The Morgan fingerprint density at radius 1 is 0.276 bits per heavy atom. The van der Waals surface area contributed by atoms with E-state index in [1.165, 1.54) is 214 Å². The van der Waals surface area contributed by atoms with E-state index in [1.807, 2.05) is 47.0 Å². The summed E-state index contributed by atoms with van der Waals surface area (Å²) in [5.74, 6) is 5.07. The van der Waals surface area contributed by atoms with Gasteiger partial charge in [0.1, 0.15) is 0 Å².